The number of rotatable bonds is 4. The molecule has 0 aliphatic rings. The first-order valence-electron chi connectivity index (χ1n) is 5.52. The van der Waals surface area contributed by atoms with Crippen LogP contribution in [0.1, 0.15) is 6.92 Å². The standard InChI is InChI=1S/C12H10ClN3O3/c1-2-19-9-5-3-4-8(6-9)11-10(16(17)18)7-14-12(13)15-11/h3-7H,2H2,1H3. The molecule has 7 heteroatoms. The maximum atomic E-state index is 11.0. The van der Waals surface area contributed by atoms with Crippen LogP contribution in [0.25, 0.3) is 11.3 Å². The van der Waals surface area contributed by atoms with E-state index in [0.717, 1.165) is 6.20 Å². The maximum Gasteiger partial charge on any atom is 0.313 e. The maximum absolute atomic E-state index is 11.0. The summed E-state index contributed by atoms with van der Waals surface area (Å²) in [6.45, 7) is 2.37. The number of hydrogen-bond acceptors (Lipinski definition) is 5. The minimum Gasteiger partial charge on any atom is -0.494 e. The van der Waals surface area contributed by atoms with Gasteiger partial charge in [-0.1, -0.05) is 12.1 Å². The van der Waals surface area contributed by atoms with Crippen molar-refractivity contribution >= 4 is 17.3 Å². The van der Waals surface area contributed by atoms with Crippen LogP contribution in [0.15, 0.2) is 30.5 Å². The average molecular weight is 280 g/mol. The molecule has 1 aromatic heterocycles. The van der Waals surface area contributed by atoms with E-state index < -0.39 is 4.92 Å². The highest BCUT2D eigenvalue weighted by molar-refractivity contribution is 6.28. The van der Waals surface area contributed by atoms with Gasteiger partial charge in [0, 0.05) is 5.56 Å². The first-order chi connectivity index (χ1) is 9.11. The molecule has 0 aliphatic heterocycles. The first-order valence-corrected chi connectivity index (χ1v) is 5.89. The molecule has 0 amide bonds. The summed E-state index contributed by atoms with van der Waals surface area (Å²) in [5, 5.41) is 10.9. The van der Waals surface area contributed by atoms with Crippen molar-refractivity contribution in [2.45, 2.75) is 6.92 Å². The molecule has 1 aromatic carbocycles. The first kappa shape index (κ1) is 13.2. The summed E-state index contributed by atoms with van der Waals surface area (Å²) in [6.07, 6.45) is 1.10. The van der Waals surface area contributed by atoms with Crippen molar-refractivity contribution in [3.05, 3.63) is 45.9 Å². The lowest BCUT2D eigenvalue weighted by Crippen LogP contribution is -1.97. The van der Waals surface area contributed by atoms with Crippen molar-refractivity contribution < 1.29 is 9.66 Å². The van der Waals surface area contributed by atoms with Crippen LogP contribution in [0.3, 0.4) is 0 Å². The number of nitrogens with zero attached hydrogens (tertiary/aromatic N) is 3. The van der Waals surface area contributed by atoms with E-state index in [1.807, 2.05) is 6.92 Å². The number of hydrogen-bond donors (Lipinski definition) is 0. The summed E-state index contributed by atoms with van der Waals surface area (Å²) in [5.41, 5.74) is 0.534. The molecule has 0 spiro atoms. The van der Waals surface area contributed by atoms with Gasteiger partial charge in [-0.2, -0.15) is 0 Å². The Morgan fingerprint density at radius 1 is 1.47 bits per heavy atom. The van der Waals surface area contributed by atoms with Gasteiger partial charge in [-0.3, -0.25) is 10.1 Å². The van der Waals surface area contributed by atoms with E-state index in [2.05, 4.69) is 9.97 Å². The Kier molecular flexibility index (Phi) is 3.91. The van der Waals surface area contributed by atoms with Crippen molar-refractivity contribution in [1.82, 2.24) is 9.97 Å². The van der Waals surface area contributed by atoms with E-state index in [4.69, 9.17) is 16.3 Å². The number of halogens is 1. The van der Waals surface area contributed by atoms with Crippen LogP contribution < -0.4 is 4.74 Å². The molecule has 2 rings (SSSR count). The predicted octanol–water partition coefficient (Wildman–Crippen LogP) is 3.10. The molecule has 2 aromatic rings. The Hall–Kier alpha value is -2.21. The van der Waals surface area contributed by atoms with Crippen LogP contribution >= 0.6 is 11.6 Å². The van der Waals surface area contributed by atoms with Gasteiger partial charge in [-0.05, 0) is 30.7 Å². The van der Waals surface area contributed by atoms with Crippen LogP contribution in [0, 0.1) is 10.1 Å². The summed E-state index contributed by atoms with van der Waals surface area (Å²) in [6, 6.07) is 6.88. The van der Waals surface area contributed by atoms with E-state index in [0.29, 0.717) is 17.9 Å². The Bertz CT molecular complexity index is 619. The minimum atomic E-state index is -0.543. The molecule has 0 unspecified atom stereocenters. The summed E-state index contributed by atoms with van der Waals surface area (Å²) in [4.78, 5) is 18.0. The summed E-state index contributed by atoms with van der Waals surface area (Å²) >= 11 is 5.70. The molecule has 6 nitrogen and oxygen atoms in total. The van der Waals surface area contributed by atoms with Gasteiger partial charge in [-0.15, -0.1) is 0 Å². The second kappa shape index (κ2) is 5.62. The Labute approximate surface area is 114 Å². The lowest BCUT2D eigenvalue weighted by atomic mass is 10.1. The second-order valence-electron chi connectivity index (χ2n) is 3.59. The third kappa shape index (κ3) is 2.97. The molecular formula is C12H10ClN3O3. The molecule has 98 valence electrons. The third-order valence-corrected chi connectivity index (χ3v) is 2.54. The topological polar surface area (TPSA) is 78.2 Å². The zero-order valence-electron chi connectivity index (χ0n) is 10.0. The van der Waals surface area contributed by atoms with Gasteiger partial charge in [0.05, 0.1) is 11.5 Å². The number of nitro groups is 1. The SMILES string of the molecule is CCOc1cccc(-c2nc(Cl)ncc2[N+](=O)[O-])c1. The van der Waals surface area contributed by atoms with Crippen LogP contribution in [0.2, 0.25) is 5.28 Å². The van der Waals surface area contributed by atoms with Gasteiger partial charge in [0.1, 0.15) is 11.9 Å². The fourth-order valence-electron chi connectivity index (χ4n) is 1.60. The molecule has 0 radical (unpaired) electrons. The molecule has 0 aliphatic carbocycles. The van der Waals surface area contributed by atoms with E-state index in [1.165, 1.54) is 0 Å². The Morgan fingerprint density at radius 2 is 2.26 bits per heavy atom. The third-order valence-electron chi connectivity index (χ3n) is 2.36. The van der Waals surface area contributed by atoms with E-state index in [9.17, 15) is 10.1 Å². The fraction of sp³-hybridized carbons (Fsp3) is 0.167. The Balaban J connectivity index is 2.54. The molecule has 0 saturated carbocycles. The smallest absolute Gasteiger partial charge is 0.313 e. The zero-order chi connectivity index (χ0) is 13.8. The van der Waals surface area contributed by atoms with E-state index in [-0.39, 0.29) is 16.7 Å². The van der Waals surface area contributed by atoms with Crippen LogP contribution in [0.5, 0.6) is 5.75 Å². The Morgan fingerprint density at radius 3 is 2.95 bits per heavy atom. The van der Waals surface area contributed by atoms with Crippen molar-refractivity contribution in [3.63, 3.8) is 0 Å². The summed E-state index contributed by atoms with van der Waals surface area (Å²) in [5.74, 6) is 0.615. The van der Waals surface area contributed by atoms with Gasteiger partial charge in [0.25, 0.3) is 0 Å². The molecule has 0 atom stereocenters. The lowest BCUT2D eigenvalue weighted by Gasteiger charge is -2.06. The van der Waals surface area contributed by atoms with Crippen molar-refractivity contribution in [3.8, 4) is 17.0 Å². The summed E-state index contributed by atoms with van der Waals surface area (Å²) < 4.78 is 5.35. The highest BCUT2D eigenvalue weighted by atomic mass is 35.5. The molecule has 0 N–H and O–H groups in total. The largest absolute Gasteiger partial charge is 0.494 e. The van der Waals surface area contributed by atoms with Crippen LogP contribution in [0.4, 0.5) is 5.69 Å². The van der Waals surface area contributed by atoms with Crippen molar-refractivity contribution in [1.29, 1.82) is 0 Å². The number of aromatic nitrogens is 2. The zero-order valence-corrected chi connectivity index (χ0v) is 10.8. The minimum absolute atomic E-state index is 0.0394. The van der Waals surface area contributed by atoms with Gasteiger partial charge in [0.2, 0.25) is 5.28 Å². The second-order valence-corrected chi connectivity index (χ2v) is 3.93. The van der Waals surface area contributed by atoms with Crippen LogP contribution in [-0.2, 0) is 0 Å². The fourth-order valence-corrected chi connectivity index (χ4v) is 1.73. The van der Waals surface area contributed by atoms with Gasteiger partial charge in [0.15, 0.2) is 5.69 Å². The molecule has 0 saturated heterocycles. The number of benzene rings is 1. The lowest BCUT2D eigenvalue weighted by molar-refractivity contribution is -0.384. The molecule has 1 heterocycles. The highest BCUT2D eigenvalue weighted by Gasteiger charge is 2.18. The van der Waals surface area contributed by atoms with Crippen molar-refractivity contribution in [2.24, 2.45) is 0 Å². The van der Waals surface area contributed by atoms with Crippen molar-refractivity contribution in [2.75, 3.05) is 6.61 Å². The quantitative estimate of drug-likeness (QED) is 0.488. The van der Waals surface area contributed by atoms with Crippen LogP contribution in [-0.4, -0.2) is 21.5 Å². The summed E-state index contributed by atoms with van der Waals surface area (Å²) in [7, 11) is 0. The highest BCUT2D eigenvalue weighted by Crippen LogP contribution is 2.30. The van der Waals surface area contributed by atoms with Gasteiger partial charge in [-0.25, -0.2) is 9.97 Å². The molecule has 19 heavy (non-hydrogen) atoms. The number of ether oxygens (including phenoxy) is 1. The van der Waals surface area contributed by atoms with Gasteiger partial charge < -0.3 is 4.74 Å². The molecular weight excluding hydrogens is 270 g/mol. The van der Waals surface area contributed by atoms with E-state index >= 15 is 0 Å². The monoisotopic (exact) mass is 279 g/mol. The normalized spacial score (nSPS) is 10.2. The molecule has 0 bridgehead atoms. The average Bonchev–Trinajstić information content (AvgIpc) is 2.39. The van der Waals surface area contributed by atoms with E-state index in [1.54, 1.807) is 24.3 Å². The predicted molar refractivity (Wildman–Crippen MR) is 70.3 cm³/mol. The molecule has 0 fully saturated rings. The van der Waals surface area contributed by atoms with Gasteiger partial charge >= 0.3 is 5.69 Å².